The Balaban J connectivity index is 1.40. The van der Waals surface area contributed by atoms with Crippen molar-refractivity contribution < 1.29 is 14.3 Å². The van der Waals surface area contributed by atoms with Crippen LogP contribution < -0.4 is 15.6 Å². The number of esters is 1. The summed E-state index contributed by atoms with van der Waals surface area (Å²) in [5.74, 6) is -0.544. The second-order valence-corrected chi connectivity index (χ2v) is 6.39. The summed E-state index contributed by atoms with van der Waals surface area (Å²) in [6.07, 6.45) is 4.36. The van der Waals surface area contributed by atoms with E-state index in [-0.39, 0.29) is 18.0 Å². The monoisotopic (exact) mass is 400 g/mol. The van der Waals surface area contributed by atoms with Crippen molar-refractivity contribution in [2.75, 3.05) is 5.32 Å². The van der Waals surface area contributed by atoms with E-state index in [9.17, 15) is 14.4 Å². The van der Waals surface area contributed by atoms with Crippen molar-refractivity contribution in [2.24, 2.45) is 0 Å². The van der Waals surface area contributed by atoms with Crippen molar-refractivity contribution in [3.05, 3.63) is 95.3 Å². The van der Waals surface area contributed by atoms with E-state index in [4.69, 9.17) is 4.74 Å². The van der Waals surface area contributed by atoms with Gasteiger partial charge in [-0.1, -0.05) is 12.1 Å². The molecular formula is C22H16N4O4. The Morgan fingerprint density at radius 1 is 0.967 bits per heavy atom. The van der Waals surface area contributed by atoms with Gasteiger partial charge in [-0.25, -0.2) is 9.78 Å². The minimum Gasteiger partial charge on any atom is -0.423 e. The Labute approximate surface area is 170 Å². The van der Waals surface area contributed by atoms with Gasteiger partial charge in [0.05, 0.1) is 22.8 Å². The molecule has 2 aromatic heterocycles. The molecule has 1 amide bonds. The zero-order valence-electron chi connectivity index (χ0n) is 15.7. The molecule has 4 aromatic rings. The highest BCUT2D eigenvalue weighted by Crippen LogP contribution is 2.17. The van der Waals surface area contributed by atoms with Gasteiger partial charge in [0.25, 0.3) is 5.56 Å². The van der Waals surface area contributed by atoms with E-state index in [1.54, 1.807) is 60.7 Å². The quantitative estimate of drug-likeness (QED) is 0.408. The van der Waals surface area contributed by atoms with Crippen LogP contribution in [0.3, 0.4) is 0 Å². The summed E-state index contributed by atoms with van der Waals surface area (Å²) >= 11 is 0. The predicted molar refractivity (Wildman–Crippen MR) is 110 cm³/mol. The van der Waals surface area contributed by atoms with E-state index in [0.29, 0.717) is 27.9 Å². The fraction of sp³-hybridized carbons (Fsp3) is 0.0455. The molecule has 2 aromatic carbocycles. The molecule has 30 heavy (non-hydrogen) atoms. The molecule has 0 aliphatic rings. The third-order valence-electron chi connectivity index (χ3n) is 4.31. The fourth-order valence-corrected chi connectivity index (χ4v) is 2.83. The van der Waals surface area contributed by atoms with Crippen LogP contribution in [0.4, 0.5) is 5.69 Å². The average molecular weight is 400 g/mol. The van der Waals surface area contributed by atoms with Crippen molar-refractivity contribution in [3.8, 4) is 5.75 Å². The number of aromatic nitrogens is 3. The van der Waals surface area contributed by atoms with Crippen LogP contribution in [-0.4, -0.2) is 26.4 Å². The summed E-state index contributed by atoms with van der Waals surface area (Å²) in [5.41, 5.74) is 1.19. The highest BCUT2D eigenvalue weighted by atomic mass is 16.5. The Hall–Kier alpha value is -4.33. The standard InChI is InChI=1S/C22H16N4O4/c27-20(13-26-14-24-19-4-2-1-3-18(19)21(26)28)25-16-5-7-17(8-6-16)30-22(29)15-9-11-23-12-10-15/h1-12,14H,13H2,(H,25,27). The number of nitrogens with one attached hydrogen (secondary N) is 1. The highest BCUT2D eigenvalue weighted by Gasteiger charge is 2.10. The molecule has 0 saturated heterocycles. The minimum atomic E-state index is -0.502. The zero-order valence-corrected chi connectivity index (χ0v) is 15.7. The van der Waals surface area contributed by atoms with Gasteiger partial charge in [0.2, 0.25) is 5.91 Å². The number of amides is 1. The number of ether oxygens (including phenoxy) is 1. The molecular weight excluding hydrogens is 384 g/mol. The van der Waals surface area contributed by atoms with Crippen LogP contribution in [-0.2, 0) is 11.3 Å². The Kier molecular flexibility index (Phi) is 5.29. The molecule has 0 bridgehead atoms. The Morgan fingerprint density at radius 3 is 2.47 bits per heavy atom. The second kappa shape index (κ2) is 8.36. The van der Waals surface area contributed by atoms with Crippen molar-refractivity contribution in [1.29, 1.82) is 0 Å². The molecule has 1 N–H and O–H groups in total. The van der Waals surface area contributed by atoms with Crippen molar-refractivity contribution >= 4 is 28.5 Å². The zero-order chi connectivity index (χ0) is 20.9. The first-order chi connectivity index (χ1) is 14.6. The molecule has 0 spiro atoms. The molecule has 8 heteroatoms. The van der Waals surface area contributed by atoms with E-state index in [2.05, 4.69) is 15.3 Å². The first-order valence-corrected chi connectivity index (χ1v) is 9.06. The SMILES string of the molecule is O=C(Cn1cnc2ccccc2c1=O)Nc1ccc(OC(=O)c2ccncc2)cc1. The van der Waals surface area contributed by atoms with Gasteiger partial charge < -0.3 is 10.1 Å². The summed E-state index contributed by atoms with van der Waals surface area (Å²) in [6.45, 7) is -0.171. The van der Waals surface area contributed by atoms with Gasteiger partial charge in [-0.15, -0.1) is 0 Å². The molecule has 0 aliphatic heterocycles. The number of fused-ring (bicyclic) bond motifs is 1. The number of para-hydroxylation sites is 1. The maximum absolute atomic E-state index is 12.5. The minimum absolute atomic E-state index is 0.171. The van der Waals surface area contributed by atoms with Crippen LogP contribution in [0.5, 0.6) is 5.75 Å². The average Bonchev–Trinajstić information content (AvgIpc) is 2.78. The third kappa shape index (κ3) is 4.22. The number of nitrogens with zero attached hydrogens (tertiary/aromatic N) is 3. The maximum Gasteiger partial charge on any atom is 0.343 e. The van der Waals surface area contributed by atoms with E-state index < -0.39 is 5.97 Å². The van der Waals surface area contributed by atoms with Gasteiger partial charge >= 0.3 is 5.97 Å². The Morgan fingerprint density at radius 2 is 1.70 bits per heavy atom. The number of pyridine rings is 1. The maximum atomic E-state index is 12.5. The Bertz CT molecular complexity index is 1270. The lowest BCUT2D eigenvalue weighted by Crippen LogP contribution is -2.27. The van der Waals surface area contributed by atoms with Crippen molar-refractivity contribution in [3.63, 3.8) is 0 Å². The van der Waals surface area contributed by atoms with E-state index in [1.165, 1.54) is 23.3 Å². The topological polar surface area (TPSA) is 103 Å². The highest BCUT2D eigenvalue weighted by molar-refractivity contribution is 5.92. The first kappa shape index (κ1) is 19.0. The summed E-state index contributed by atoms with van der Waals surface area (Å²) in [5, 5.41) is 3.15. The molecule has 0 saturated carbocycles. The molecule has 0 radical (unpaired) electrons. The van der Waals surface area contributed by atoms with Crippen molar-refractivity contribution in [2.45, 2.75) is 6.54 Å². The molecule has 148 valence electrons. The van der Waals surface area contributed by atoms with Crippen molar-refractivity contribution in [1.82, 2.24) is 14.5 Å². The lowest BCUT2D eigenvalue weighted by atomic mass is 10.2. The number of anilines is 1. The van der Waals surface area contributed by atoms with Crippen LogP contribution in [0.15, 0.2) is 84.2 Å². The number of hydrogen-bond donors (Lipinski definition) is 1. The number of benzene rings is 2. The van der Waals surface area contributed by atoms with Crippen LogP contribution in [0, 0.1) is 0 Å². The number of rotatable bonds is 5. The van der Waals surface area contributed by atoms with Gasteiger partial charge in [0.1, 0.15) is 12.3 Å². The van der Waals surface area contributed by atoms with Gasteiger partial charge in [-0.05, 0) is 48.5 Å². The number of carbonyl (C=O) groups is 2. The largest absolute Gasteiger partial charge is 0.423 e. The van der Waals surface area contributed by atoms with Crippen LogP contribution in [0.2, 0.25) is 0 Å². The molecule has 0 unspecified atom stereocenters. The van der Waals surface area contributed by atoms with Gasteiger partial charge in [0.15, 0.2) is 0 Å². The second-order valence-electron chi connectivity index (χ2n) is 6.39. The fourth-order valence-electron chi connectivity index (χ4n) is 2.83. The lowest BCUT2D eigenvalue weighted by Gasteiger charge is -2.09. The number of hydrogen-bond acceptors (Lipinski definition) is 6. The van der Waals surface area contributed by atoms with E-state index >= 15 is 0 Å². The van der Waals surface area contributed by atoms with Crippen LogP contribution in [0.25, 0.3) is 10.9 Å². The lowest BCUT2D eigenvalue weighted by molar-refractivity contribution is -0.116. The molecule has 0 aliphatic carbocycles. The number of carbonyl (C=O) groups excluding carboxylic acids is 2. The van der Waals surface area contributed by atoms with Gasteiger partial charge in [0, 0.05) is 18.1 Å². The summed E-state index contributed by atoms with van der Waals surface area (Å²) in [7, 11) is 0. The predicted octanol–water partition coefficient (Wildman–Crippen LogP) is 2.65. The van der Waals surface area contributed by atoms with E-state index in [1.807, 2.05) is 0 Å². The normalized spacial score (nSPS) is 10.5. The smallest absolute Gasteiger partial charge is 0.343 e. The van der Waals surface area contributed by atoms with Crippen LogP contribution >= 0.6 is 0 Å². The molecule has 0 fully saturated rings. The third-order valence-corrected chi connectivity index (χ3v) is 4.31. The molecule has 2 heterocycles. The first-order valence-electron chi connectivity index (χ1n) is 9.06. The molecule has 0 atom stereocenters. The van der Waals surface area contributed by atoms with Gasteiger partial charge in [-0.2, -0.15) is 0 Å². The van der Waals surface area contributed by atoms with Crippen LogP contribution in [0.1, 0.15) is 10.4 Å². The van der Waals surface area contributed by atoms with E-state index in [0.717, 1.165) is 0 Å². The summed E-state index contributed by atoms with van der Waals surface area (Å²) in [6, 6.07) is 16.4. The van der Waals surface area contributed by atoms with Gasteiger partial charge in [-0.3, -0.25) is 19.1 Å². The molecule has 8 nitrogen and oxygen atoms in total. The summed E-state index contributed by atoms with van der Waals surface area (Å²) < 4.78 is 6.53. The summed E-state index contributed by atoms with van der Waals surface area (Å²) in [4.78, 5) is 44.9. The molecule has 4 rings (SSSR count).